The van der Waals surface area contributed by atoms with Gasteiger partial charge in [0.25, 0.3) is 0 Å². The lowest BCUT2D eigenvalue weighted by Crippen LogP contribution is -2.51. The van der Waals surface area contributed by atoms with Crippen LogP contribution in [0.5, 0.6) is 0 Å². The van der Waals surface area contributed by atoms with Gasteiger partial charge in [-0.15, -0.1) is 0 Å². The van der Waals surface area contributed by atoms with Crippen molar-refractivity contribution < 1.29 is 4.79 Å². The Morgan fingerprint density at radius 3 is 2.75 bits per heavy atom. The van der Waals surface area contributed by atoms with Gasteiger partial charge in [-0.1, -0.05) is 43.7 Å². The lowest BCUT2D eigenvalue weighted by atomic mass is 9.92. The van der Waals surface area contributed by atoms with Crippen LogP contribution in [0.15, 0.2) is 30.3 Å². The molecule has 0 spiro atoms. The van der Waals surface area contributed by atoms with Gasteiger partial charge in [-0.05, 0) is 17.9 Å². The molecule has 1 aromatic rings. The number of carbonyl (C=O) groups excluding carboxylic acids is 1. The number of benzene rings is 1. The van der Waals surface area contributed by atoms with Gasteiger partial charge in [0.05, 0.1) is 6.54 Å². The van der Waals surface area contributed by atoms with Crippen LogP contribution in [-0.4, -0.2) is 36.5 Å². The van der Waals surface area contributed by atoms with Crippen molar-refractivity contribution >= 4 is 5.91 Å². The summed E-state index contributed by atoms with van der Waals surface area (Å²) >= 11 is 0. The number of nitrogens with two attached hydrogens (primary N) is 1. The Balaban J connectivity index is 1.87. The van der Waals surface area contributed by atoms with Gasteiger partial charge in [0, 0.05) is 25.7 Å². The third-order valence-electron chi connectivity index (χ3n) is 4.01. The fourth-order valence-electron chi connectivity index (χ4n) is 2.95. The molecule has 4 nitrogen and oxygen atoms in total. The highest BCUT2D eigenvalue weighted by Gasteiger charge is 2.26. The summed E-state index contributed by atoms with van der Waals surface area (Å²) in [5, 5.41) is 3.61. The lowest BCUT2D eigenvalue weighted by molar-refractivity contribution is -0.119. The fourth-order valence-corrected chi connectivity index (χ4v) is 2.95. The van der Waals surface area contributed by atoms with Gasteiger partial charge in [-0.2, -0.15) is 0 Å². The molecule has 0 aromatic heterocycles. The molecule has 1 aliphatic heterocycles. The monoisotopic (exact) mass is 275 g/mol. The highest BCUT2D eigenvalue weighted by Crippen LogP contribution is 2.19. The first-order valence-electron chi connectivity index (χ1n) is 7.45. The maximum absolute atomic E-state index is 11.1. The van der Waals surface area contributed by atoms with E-state index >= 15 is 0 Å². The Hall–Kier alpha value is -1.39. The molecule has 3 N–H and O–H groups in total. The summed E-state index contributed by atoms with van der Waals surface area (Å²) in [5.74, 6) is 0.417. The molecule has 0 saturated carbocycles. The normalized spacial score (nSPS) is 23.6. The van der Waals surface area contributed by atoms with Crippen LogP contribution in [0.1, 0.15) is 25.3 Å². The van der Waals surface area contributed by atoms with Crippen molar-refractivity contribution in [1.29, 1.82) is 0 Å². The van der Waals surface area contributed by atoms with Gasteiger partial charge in [-0.25, -0.2) is 0 Å². The largest absolute Gasteiger partial charge is 0.369 e. The first-order chi connectivity index (χ1) is 9.67. The number of hydrogen-bond donors (Lipinski definition) is 2. The molecule has 2 atom stereocenters. The van der Waals surface area contributed by atoms with E-state index in [1.165, 1.54) is 12.0 Å². The molecule has 2 rings (SSSR count). The van der Waals surface area contributed by atoms with Gasteiger partial charge in [0.15, 0.2) is 0 Å². The van der Waals surface area contributed by atoms with E-state index in [9.17, 15) is 4.79 Å². The zero-order valence-electron chi connectivity index (χ0n) is 12.2. The molecule has 0 bridgehead atoms. The minimum atomic E-state index is -0.233. The zero-order valence-corrected chi connectivity index (χ0v) is 12.2. The summed E-state index contributed by atoms with van der Waals surface area (Å²) in [6.07, 6.45) is 2.33. The van der Waals surface area contributed by atoms with Gasteiger partial charge in [0.2, 0.25) is 5.91 Å². The van der Waals surface area contributed by atoms with E-state index in [0.717, 1.165) is 26.1 Å². The lowest BCUT2D eigenvalue weighted by Gasteiger charge is -2.37. The summed E-state index contributed by atoms with van der Waals surface area (Å²) in [6.45, 7) is 5.37. The molecule has 1 heterocycles. The highest BCUT2D eigenvalue weighted by atomic mass is 16.1. The van der Waals surface area contributed by atoms with E-state index in [-0.39, 0.29) is 5.91 Å². The topological polar surface area (TPSA) is 58.4 Å². The van der Waals surface area contributed by atoms with E-state index in [0.29, 0.717) is 18.5 Å². The molecule has 1 fully saturated rings. The molecular weight excluding hydrogens is 250 g/mol. The number of nitrogens with one attached hydrogen (secondary N) is 1. The summed E-state index contributed by atoms with van der Waals surface area (Å²) in [5.41, 5.74) is 6.62. The summed E-state index contributed by atoms with van der Waals surface area (Å²) in [7, 11) is 0. The number of amides is 1. The first-order valence-corrected chi connectivity index (χ1v) is 7.45. The van der Waals surface area contributed by atoms with Gasteiger partial charge >= 0.3 is 0 Å². The zero-order chi connectivity index (χ0) is 14.4. The van der Waals surface area contributed by atoms with Crippen LogP contribution in [-0.2, 0) is 11.3 Å². The van der Waals surface area contributed by atoms with E-state index < -0.39 is 0 Å². The average molecular weight is 275 g/mol. The predicted octanol–water partition coefficient (Wildman–Crippen LogP) is 1.36. The van der Waals surface area contributed by atoms with Crippen LogP contribution < -0.4 is 11.1 Å². The van der Waals surface area contributed by atoms with E-state index in [1.807, 2.05) is 6.07 Å². The van der Waals surface area contributed by atoms with Crippen LogP contribution >= 0.6 is 0 Å². The molecule has 1 amide bonds. The molecule has 1 aromatic carbocycles. The Bertz CT molecular complexity index is 421. The minimum absolute atomic E-state index is 0.233. The van der Waals surface area contributed by atoms with E-state index in [1.54, 1.807) is 0 Å². The first kappa shape index (κ1) is 15.0. The molecule has 1 saturated heterocycles. The second-order valence-electron chi connectivity index (χ2n) is 5.73. The summed E-state index contributed by atoms with van der Waals surface area (Å²) in [4.78, 5) is 13.3. The molecule has 0 aliphatic carbocycles. The number of primary amides is 1. The van der Waals surface area contributed by atoms with Crippen LogP contribution in [0.4, 0.5) is 0 Å². The Morgan fingerprint density at radius 1 is 1.35 bits per heavy atom. The molecule has 4 heteroatoms. The predicted molar refractivity (Wildman–Crippen MR) is 81.1 cm³/mol. The maximum Gasteiger partial charge on any atom is 0.231 e. The average Bonchev–Trinajstić information content (AvgIpc) is 2.45. The van der Waals surface area contributed by atoms with Crippen molar-refractivity contribution in [1.82, 2.24) is 10.2 Å². The second-order valence-corrected chi connectivity index (χ2v) is 5.73. The van der Waals surface area contributed by atoms with Gasteiger partial charge in [0.1, 0.15) is 0 Å². The van der Waals surface area contributed by atoms with Crippen molar-refractivity contribution in [2.45, 2.75) is 32.4 Å². The van der Waals surface area contributed by atoms with E-state index in [4.69, 9.17) is 5.73 Å². The third-order valence-corrected chi connectivity index (χ3v) is 4.01. The van der Waals surface area contributed by atoms with Crippen LogP contribution in [0.2, 0.25) is 0 Å². The summed E-state index contributed by atoms with van der Waals surface area (Å²) in [6, 6.07) is 10.9. The Labute approximate surface area is 121 Å². The SMILES string of the molecule is CCC1CC(NCc2ccccc2)CN(CC(N)=O)C1. The van der Waals surface area contributed by atoms with Crippen molar-refractivity contribution in [3.8, 4) is 0 Å². The van der Waals surface area contributed by atoms with Crippen LogP contribution in [0.3, 0.4) is 0 Å². The standard InChI is InChI=1S/C16H25N3O/c1-2-13-8-15(11-19(10-13)12-16(17)20)18-9-14-6-4-3-5-7-14/h3-7,13,15,18H,2,8-12H2,1H3,(H2,17,20). The number of carbonyl (C=O) groups is 1. The van der Waals surface area contributed by atoms with Gasteiger partial charge in [-0.3, -0.25) is 9.69 Å². The molecule has 20 heavy (non-hydrogen) atoms. The summed E-state index contributed by atoms with van der Waals surface area (Å²) < 4.78 is 0. The van der Waals surface area contributed by atoms with Crippen LogP contribution in [0.25, 0.3) is 0 Å². The Kier molecular flexibility index (Phi) is 5.56. The van der Waals surface area contributed by atoms with E-state index in [2.05, 4.69) is 41.4 Å². The Morgan fingerprint density at radius 2 is 2.10 bits per heavy atom. The van der Waals surface area contributed by atoms with Crippen molar-refractivity contribution in [3.63, 3.8) is 0 Å². The quantitative estimate of drug-likeness (QED) is 0.824. The third kappa shape index (κ3) is 4.62. The minimum Gasteiger partial charge on any atom is -0.369 e. The van der Waals surface area contributed by atoms with Crippen molar-refractivity contribution in [2.24, 2.45) is 11.7 Å². The van der Waals surface area contributed by atoms with Crippen LogP contribution in [0, 0.1) is 5.92 Å². The number of likely N-dealkylation sites (tertiary alicyclic amines) is 1. The molecule has 0 radical (unpaired) electrons. The maximum atomic E-state index is 11.1. The molecule has 2 unspecified atom stereocenters. The molecular formula is C16H25N3O. The smallest absolute Gasteiger partial charge is 0.231 e. The van der Waals surface area contributed by atoms with Gasteiger partial charge < -0.3 is 11.1 Å². The van der Waals surface area contributed by atoms with Crippen molar-refractivity contribution in [3.05, 3.63) is 35.9 Å². The number of nitrogens with zero attached hydrogens (tertiary/aromatic N) is 1. The second kappa shape index (κ2) is 7.41. The highest BCUT2D eigenvalue weighted by molar-refractivity contribution is 5.75. The molecule has 110 valence electrons. The van der Waals surface area contributed by atoms with Crippen molar-refractivity contribution in [2.75, 3.05) is 19.6 Å². The molecule has 1 aliphatic rings. The number of piperidine rings is 1. The fraction of sp³-hybridized carbons (Fsp3) is 0.562. The number of rotatable bonds is 6. The number of hydrogen-bond acceptors (Lipinski definition) is 3.